The second-order valence-corrected chi connectivity index (χ2v) is 20.2. The van der Waals surface area contributed by atoms with Crippen LogP contribution < -0.4 is 0 Å². The van der Waals surface area contributed by atoms with E-state index in [0.717, 1.165) is 141 Å². The van der Waals surface area contributed by atoms with Crippen molar-refractivity contribution in [1.29, 1.82) is 0 Å². The van der Waals surface area contributed by atoms with E-state index in [1.54, 1.807) is 0 Å². The third kappa shape index (κ3) is 60.6. The van der Waals surface area contributed by atoms with Gasteiger partial charge in [0.15, 0.2) is 6.10 Å². The van der Waals surface area contributed by atoms with Crippen LogP contribution in [-0.4, -0.2) is 37.2 Å². The lowest BCUT2D eigenvalue weighted by Crippen LogP contribution is -2.30. The molecule has 1 atom stereocenters. The summed E-state index contributed by atoms with van der Waals surface area (Å²) in [6.07, 6.45) is 86.4. The van der Waals surface area contributed by atoms with Gasteiger partial charge in [-0.15, -0.1) is 0 Å². The van der Waals surface area contributed by atoms with Crippen molar-refractivity contribution in [2.24, 2.45) is 0 Å². The van der Waals surface area contributed by atoms with Crippen molar-refractivity contribution in [2.45, 2.75) is 284 Å². The van der Waals surface area contributed by atoms with Gasteiger partial charge in [-0.05, 0) is 116 Å². The van der Waals surface area contributed by atoms with Crippen LogP contribution in [0.2, 0.25) is 0 Å². The van der Waals surface area contributed by atoms with Crippen LogP contribution >= 0.6 is 0 Å². The summed E-state index contributed by atoms with van der Waals surface area (Å²) in [5.41, 5.74) is 0. The first-order chi connectivity index (χ1) is 37.0. The normalized spacial score (nSPS) is 12.9. The minimum atomic E-state index is -0.792. The number of carbonyl (C=O) groups is 3. The minimum Gasteiger partial charge on any atom is -0.462 e. The van der Waals surface area contributed by atoms with E-state index in [1.165, 1.54) is 96.3 Å². The van der Waals surface area contributed by atoms with Gasteiger partial charge >= 0.3 is 17.9 Å². The zero-order valence-electron chi connectivity index (χ0n) is 48.8. The standard InChI is InChI=1S/C69H114O6/c1-4-7-10-13-16-18-20-22-24-26-28-30-32-33-34-35-37-38-40-42-44-46-48-50-53-56-59-62-68(71)74-65-66(64-73-67(70)61-58-55-52-15-12-9-6-3)75-69(72)63-60-57-54-51-49-47-45-43-41-39-36-31-29-27-25-23-21-19-17-14-11-8-5-2/h7,10,16,18,21-24,27-30,33-34,36-39,42,44,66H,4-6,8-9,11-15,17,19-20,25-26,31-32,35,40-41,43,45-65H2,1-3H3/b10-7-,18-16-,23-21-,24-22-,29-27-,30-28-,34-33-,38-37-,39-36-,44-42-. The Morgan fingerprint density at radius 3 is 0.813 bits per heavy atom. The molecule has 0 N–H and O–H groups in total. The first kappa shape index (κ1) is 70.8. The van der Waals surface area contributed by atoms with Crippen LogP contribution in [0, 0.1) is 0 Å². The van der Waals surface area contributed by atoms with Crippen molar-refractivity contribution in [3.63, 3.8) is 0 Å². The van der Waals surface area contributed by atoms with E-state index in [4.69, 9.17) is 14.2 Å². The molecule has 0 fully saturated rings. The number of rotatable bonds is 55. The highest BCUT2D eigenvalue weighted by Crippen LogP contribution is 2.14. The van der Waals surface area contributed by atoms with E-state index in [1.807, 2.05) is 0 Å². The van der Waals surface area contributed by atoms with E-state index in [-0.39, 0.29) is 31.1 Å². The highest BCUT2D eigenvalue weighted by Gasteiger charge is 2.19. The van der Waals surface area contributed by atoms with Crippen molar-refractivity contribution in [1.82, 2.24) is 0 Å². The highest BCUT2D eigenvalue weighted by molar-refractivity contribution is 5.71. The van der Waals surface area contributed by atoms with Gasteiger partial charge in [0.2, 0.25) is 0 Å². The van der Waals surface area contributed by atoms with E-state index in [0.29, 0.717) is 19.3 Å². The molecular formula is C69H114O6. The largest absolute Gasteiger partial charge is 0.462 e. The molecule has 0 aromatic carbocycles. The van der Waals surface area contributed by atoms with Gasteiger partial charge in [-0.25, -0.2) is 0 Å². The number of hydrogen-bond acceptors (Lipinski definition) is 6. The molecule has 0 rings (SSSR count). The van der Waals surface area contributed by atoms with Gasteiger partial charge in [-0.2, -0.15) is 0 Å². The van der Waals surface area contributed by atoms with Crippen LogP contribution in [0.25, 0.3) is 0 Å². The molecular weight excluding hydrogens is 925 g/mol. The Hall–Kier alpha value is -4.19. The molecule has 0 heterocycles. The van der Waals surface area contributed by atoms with Crippen molar-refractivity contribution < 1.29 is 28.6 Å². The van der Waals surface area contributed by atoms with Gasteiger partial charge in [0.25, 0.3) is 0 Å². The van der Waals surface area contributed by atoms with Crippen LogP contribution in [0.3, 0.4) is 0 Å². The third-order valence-corrected chi connectivity index (χ3v) is 13.0. The maximum absolute atomic E-state index is 12.9. The minimum absolute atomic E-state index is 0.0890. The molecule has 0 saturated heterocycles. The molecule has 0 aromatic heterocycles. The molecule has 0 bridgehead atoms. The van der Waals surface area contributed by atoms with E-state index in [2.05, 4.69) is 142 Å². The Bertz CT molecular complexity index is 1570. The summed E-state index contributed by atoms with van der Waals surface area (Å²) in [5, 5.41) is 0. The van der Waals surface area contributed by atoms with Crippen molar-refractivity contribution >= 4 is 17.9 Å². The monoisotopic (exact) mass is 1040 g/mol. The van der Waals surface area contributed by atoms with Gasteiger partial charge in [0.1, 0.15) is 13.2 Å². The molecule has 0 radical (unpaired) electrons. The predicted octanol–water partition coefficient (Wildman–Crippen LogP) is 21.2. The molecule has 0 saturated carbocycles. The zero-order chi connectivity index (χ0) is 54.3. The van der Waals surface area contributed by atoms with E-state index >= 15 is 0 Å². The van der Waals surface area contributed by atoms with Crippen LogP contribution in [-0.2, 0) is 28.6 Å². The average molecular weight is 1040 g/mol. The molecule has 6 heteroatoms. The second-order valence-electron chi connectivity index (χ2n) is 20.2. The quantitative estimate of drug-likeness (QED) is 0.0261. The number of unbranched alkanes of at least 4 members (excludes halogenated alkanes) is 24. The first-order valence-corrected chi connectivity index (χ1v) is 31.0. The fraction of sp³-hybridized carbons (Fsp3) is 0.667. The van der Waals surface area contributed by atoms with Crippen molar-refractivity contribution in [3.05, 3.63) is 122 Å². The molecule has 0 spiro atoms. The van der Waals surface area contributed by atoms with Crippen LogP contribution in [0.4, 0.5) is 0 Å². The predicted molar refractivity (Wildman–Crippen MR) is 325 cm³/mol. The molecule has 6 nitrogen and oxygen atoms in total. The fourth-order valence-electron chi connectivity index (χ4n) is 8.31. The Morgan fingerprint density at radius 2 is 0.520 bits per heavy atom. The summed E-state index contributed by atoms with van der Waals surface area (Å²) >= 11 is 0. The number of carbonyl (C=O) groups excluding carboxylic acids is 3. The van der Waals surface area contributed by atoms with Crippen molar-refractivity contribution in [3.8, 4) is 0 Å². The van der Waals surface area contributed by atoms with E-state index in [9.17, 15) is 14.4 Å². The Labute approximate surface area is 462 Å². The maximum Gasteiger partial charge on any atom is 0.306 e. The van der Waals surface area contributed by atoms with Crippen LogP contribution in [0.15, 0.2) is 122 Å². The summed E-state index contributed by atoms with van der Waals surface area (Å²) in [6, 6.07) is 0. The third-order valence-electron chi connectivity index (χ3n) is 13.0. The topological polar surface area (TPSA) is 78.9 Å². The zero-order valence-corrected chi connectivity index (χ0v) is 48.8. The van der Waals surface area contributed by atoms with Gasteiger partial charge in [0.05, 0.1) is 0 Å². The summed E-state index contributed by atoms with van der Waals surface area (Å²) in [6.45, 7) is 6.45. The molecule has 75 heavy (non-hydrogen) atoms. The first-order valence-electron chi connectivity index (χ1n) is 31.0. The lowest BCUT2D eigenvalue weighted by atomic mass is 10.1. The molecule has 426 valence electrons. The average Bonchev–Trinajstić information content (AvgIpc) is 3.41. The SMILES string of the molecule is CC/C=C\C/C=C\C/C=C\C/C=C\C/C=C\C/C=C\C/C=C\CCCCCCCC(=O)OCC(COC(=O)CCCCCCCCC)OC(=O)CCCCCCCCCC/C=C\C/C=C\C/C=C\CCCCCCC. The van der Waals surface area contributed by atoms with Crippen LogP contribution in [0.1, 0.15) is 278 Å². The highest BCUT2D eigenvalue weighted by atomic mass is 16.6. The molecule has 0 aliphatic rings. The molecule has 1 unspecified atom stereocenters. The van der Waals surface area contributed by atoms with Gasteiger partial charge < -0.3 is 14.2 Å². The fourth-order valence-corrected chi connectivity index (χ4v) is 8.31. The Kier molecular flexibility index (Phi) is 58.9. The summed E-state index contributed by atoms with van der Waals surface area (Å²) in [5.74, 6) is -0.922. The Morgan fingerprint density at radius 1 is 0.280 bits per heavy atom. The van der Waals surface area contributed by atoms with E-state index < -0.39 is 6.10 Å². The summed E-state index contributed by atoms with van der Waals surface area (Å²) in [7, 11) is 0. The number of allylic oxidation sites excluding steroid dienone is 20. The number of ether oxygens (including phenoxy) is 3. The van der Waals surface area contributed by atoms with Crippen molar-refractivity contribution in [2.75, 3.05) is 13.2 Å². The lowest BCUT2D eigenvalue weighted by Gasteiger charge is -2.18. The molecule has 0 aliphatic heterocycles. The second kappa shape index (κ2) is 62.4. The molecule has 0 aliphatic carbocycles. The summed E-state index contributed by atoms with van der Waals surface area (Å²) in [4.78, 5) is 38.1. The molecule has 0 aromatic rings. The number of esters is 3. The smallest absolute Gasteiger partial charge is 0.306 e. The summed E-state index contributed by atoms with van der Waals surface area (Å²) < 4.78 is 16.8. The molecule has 0 amide bonds. The maximum atomic E-state index is 12.9. The van der Waals surface area contributed by atoms with Gasteiger partial charge in [0, 0.05) is 19.3 Å². The Balaban J connectivity index is 4.25. The van der Waals surface area contributed by atoms with Crippen LogP contribution in [0.5, 0.6) is 0 Å². The van der Waals surface area contributed by atoms with Gasteiger partial charge in [-0.3, -0.25) is 14.4 Å². The van der Waals surface area contributed by atoms with Gasteiger partial charge in [-0.1, -0.05) is 264 Å². The number of hydrogen-bond donors (Lipinski definition) is 0. The lowest BCUT2D eigenvalue weighted by molar-refractivity contribution is -0.167.